The number of alkyl halides is 1. The Kier molecular flexibility index (Phi) is 3.67. The molecule has 0 saturated carbocycles. The molecule has 1 aromatic carbocycles. The quantitative estimate of drug-likeness (QED) is 0.600. The lowest BCUT2D eigenvalue weighted by molar-refractivity contribution is -0.141. The summed E-state index contributed by atoms with van der Waals surface area (Å²) in [4.78, 5) is 11.0. The van der Waals surface area contributed by atoms with Crippen LogP contribution in [0, 0.1) is 0 Å². The maximum atomic E-state index is 11.0. The summed E-state index contributed by atoms with van der Waals surface area (Å²) in [6, 6.07) is 7.59. The van der Waals surface area contributed by atoms with Crippen LogP contribution in [0.15, 0.2) is 24.3 Å². The molecule has 1 aromatic rings. The molecule has 0 aromatic heterocycles. The first-order valence-electron chi connectivity index (χ1n) is 5.28. The van der Waals surface area contributed by atoms with Crippen LogP contribution in [-0.2, 0) is 9.53 Å². The lowest BCUT2D eigenvalue weighted by atomic mass is 10.1. The van der Waals surface area contributed by atoms with Crippen molar-refractivity contribution < 1.29 is 14.3 Å². The molecule has 1 saturated heterocycles. The molecule has 16 heavy (non-hydrogen) atoms. The summed E-state index contributed by atoms with van der Waals surface area (Å²) in [5.41, 5.74) is 1.02. The van der Waals surface area contributed by atoms with Gasteiger partial charge in [-0.05, 0) is 24.1 Å². The summed E-state index contributed by atoms with van der Waals surface area (Å²) in [6.07, 6.45) is 1.19. The SMILES string of the molecule is O=C1CCC(c2ccc(OCCCl)cc2)O1. The van der Waals surface area contributed by atoms with Gasteiger partial charge in [0.1, 0.15) is 18.5 Å². The zero-order valence-electron chi connectivity index (χ0n) is 8.82. The summed E-state index contributed by atoms with van der Waals surface area (Å²) in [6.45, 7) is 0.499. The molecule has 1 aliphatic heterocycles. The van der Waals surface area contributed by atoms with Gasteiger partial charge >= 0.3 is 5.97 Å². The molecule has 1 heterocycles. The minimum Gasteiger partial charge on any atom is -0.492 e. The first-order valence-corrected chi connectivity index (χ1v) is 5.81. The smallest absolute Gasteiger partial charge is 0.306 e. The number of halogens is 1. The molecule has 0 aliphatic carbocycles. The first kappa shape index (κ1) is 11.3. The second kappa shape index (κ2) is 5.21. The van der Waals surface area contributed by atoms with E-state index in [0.29, 0.717) is 18.9 Å². The second-order valence-corrected chi connectivity index (χ2v) is 4.00. The van der Waals surface area contributed by atoms with E-state index in [1.54, 1.807) is 0 Å². The highest BCUT2D eigenvalue weighted by Crippen LogP contribution is 2.30. The van der Waals surface area contributed by atoms with E-state index in [1.807, 2.05) is 24.3 Å². The Hall–Kier alpha value is -1.22. The van der Waals surface area contributed by atoms with E-state index in [1.165, 1.54) is 0 Å². The fourth-order valence-electron chi connectivity index (χ4n) is 1.70. The molecule has 1 unspecified atom stereocenters. The van der Waals surface area contributed by atoms with Crippen molar-refractivity contribution in [3.63, 3.8) is 0 Å². The van der Waals surface area contributed by atoms with Gasteiger partial charge in [0.2, 0.25) is 0 Å². The molecule has 4 heteroatoms. The minimum absolute atomic E-state index is 0.0884. The van der Waals surface area contributed by atoms with Gasteiger partial charge in [0.15, 0.2) is 0 Å². The van der Waals surface area contributed by atoms with Crippen molar-refractivity contribution in [1.82, 2.24) is 0 Å². The van der Waals surface area contributed by atoms with Gasteiger partial charge in [-0.2, -0.15) is 0 Å². The molecule has 0 bridgehead atoms. The van der Waals surface area contributed by atoms with E-state index in [4.69, 9.17) is 21.1 Å². The van der Waals surface area contributed by atoms with Crippen LogP contribution in [0.3, 0.4) is 0 Å². The topological polar surface area (TPSA) is 35.5 Å². The summed E-state index contributed by atoms with van der Waals surface area (Å²) < 4.78 is 10.5. The number of cyclic esters (lactones) is 1. The van der Waals surface area contributed by atoms with Crippen molar-refractivity contribution in [2.45, 2.75) is 18.9 Å². The molecule has 0 N–H and O–H groups in total. The summed E-state index contributed by atoms with van der Waals surface area (Å²) >= 11 is 5.52. The number of carbonyl (C=O) groups excluding carboxylic acids is 1. The van der Waals surface area contributed by atoms with Crippen molar-refractivity contribution in [1.29, 1.82) is 0 Å². The number of carbonyl (C=O) groups is 1. The van der Waals surface area contributed by atoms with E-state index in [-0.39, 0.29) is 12.1 Å². The highest BCUT2D eigenvalue weighted by atomic mass is 35.5. The highest BCUT2D eigenvalue weighted by Gasteiger charge is 2.24. The number of rotatable bonds is 4. The van der Waals surface area contributed by atoms with Gasteiger partial charge in [0.25, 0.3) is 0 Å². The Labute approximate surface area is 99.3 Å². The largest absolute Gasteiger partial charge is 0.492 e. The third kappa shape index (κ3) is 2.67. The number of benzene rings is 1. The average molecular weight is 241 g/mol. The molecule has 0 radical (unpaired) electrons. The normalized spacial score (nSPS) is 19.6. The Morgan fingerprint density at radius 2 is 2.12 bits per heavy atom. The zero-order valence-corrected chi connectivity index (χ0v) is 9.57. The van der Waals surface area contributed by atoms with E-state index in [0.717, 1.165) is 17.7 Å². The number of esters is 1. The third-order valence-corrected chi connectivity index (χ3v) is 2.64. The van der Waals surface area contributed by atoms with Crippen LogP contribution in [-0.4, -0.2) is 18.5 Å². The van der Waals surface area contributed by atoms with Gasteiger partial charge in [-0.25, -0.2) is 0 Å². The average Bonchev–Trinajstić information content (AvgIpc) is 2.74. The molecule has 2 rings (SSSR count). The van der Waals surface area contributed by atoms with Crippen molar-refractivity contribution >= 4 is 17.6 Å². The monoisotopic (exact) mass is 240 g/mol. The van der Waals surface area contributed by atoms with Crippen LogP contribution < -0.4 is 4.74 Å². The predicted octanol–water partition coefficient (Wildman–Crippen LogP) is 2.68. The lowest BCUT2D eigenvalue weighted by Gasteiger charge is -2.10. The van der Waals surface area contributed by atoms with Gasteiger partial charge in [0.05, 0.1) is 5.88 Å². The van der Waals surface area contributed by atoms with Crippen molar-refractivity contribution in [2.24, 2.45) is 0 Å². The van der Waals surface area contributed by atoms with Crippen LogP contribution in [0.5, 0.6) is 5.75 Å². The summed E-state index contributed by atoms with van der Waals surface area (Å²) in [7, 11) is 0. The highest BCUT2D eigenvalue weighted by molar-refractivity contribution is 6.18. The molecule has 3 nitrogen and oxygen atoms in total. The van der Waals surface area contributed by atoms with E-state index >= 15 is 0 Å². The standard InChI is InChI=1S/C12H13ClO3/c13-7-8-15-10-3-1-9(2-4-10)11-5-6-12(14)16-11/h1-4,11H,5-8H2. The molecule has 0 spiro atoms. The zero-order chi connectivity index (χ0) is 11.4. The van der Waals surface area contributed by atoms with Crippen LogP contribution in [0.1, 0.15) is 24.5 Å². The Bertz CT molecular complexity index is 361. The fraction of sp³-hybridized carbons (Fsp3) is 0.417. The second-order valence-electron chi connectivity index (χ2n) is 3.62. The molecular weight excluding hydrogens is 228 g/mol. The first-order chi connectivity index (χ1) is 7.79. The maximum Gasteiger partial charge on any atom is 0.306 e. The van der Waals surface area contributed by atoms with E-state index in [2.05, 4.69) is 0 Å². The van der Waals surface area contributed by atoms with Gasteiger partial charge in [-0.15, -0.1) is 11.6 Å². The Morgan fingerprint density at radius 1 is 1.38 bits per heavy atom. The summed E-state index contributed by atoms with van der Waals surface area (Å²) in [5.74, 6) is 1.14. The number of ether oxygens (including phenoxy) is 2. The van der Waals surface area contributed by atoms with Gasteiger partial charge in [-0.3, -0.25) is 4.79 Å². The minimum atomic E-state index is -0.118. The van der Waals surface area contributed by atoms with Gasteiger partial charge < -0.3 is 9.47 Å². The van der Waals surface area contributed by atoms with Gasteiger partial charge in [0, 0.05) is 6.42 Å². The van der Waals surface area contributed by atoms with Gasteiger partial charge in [-0.1, -0.05) is 12.1 Å². The van der Waals surface area contributed by atoms with Crippen LogP contribution in [0.25, 0.3) is 0 Å². The van der Waals surface area contributed by atoms with Crippen molar-refractivity contribution in [2.75, 3.05) is 12.5 Å². The van der Waals surface area contributed by atoms with Crippen molar-refractivity contribution in [3.05, 3.63) is 29.8 Å². The maximum absolute atomic E-state index is 11.0. The van der Waals surface area contributed by atoms with Crippen LogP contribution in [0.2, 0.25) is 0 Å². The third-order valence-electron chi connectivity index (χ3n) is 2.48. The molecule has 86 valence electrons. The van der Waals surface area contributed by atoms with Crippen LogP contribution >= 0.6 is 11.6 Å². The summed E-state index contributed by atoms with van der Waals surface area (Å²) in [5, 5.41) is 0. The number of hydrogen-bond acceptors (Lipinski definition) is 3. The lowest BCUT2D eigenvalue weighted by Crippen LogP contribution is -2.00. The Balaban J connectivity index is 1.99. The predicted molar refractivity (Wildman–Crippen MR) is 60.7 cm³/mol. The molecule has 1 atom stereocenters. The molecule has 1 aliphatic rings. The fourth-order valence-corrected chi connectivity index (χ4v) is 1.77. The molecular formula is C12H13ClO3. The van der Waals surface area contributed by atoms with Crippen LogP contribution in [0.4, 0.5) is 0 Å². The Morgan fingerprint density at radius 3 is 2.69 bits per heavy atom. The molecule has 1 fully saturated rings. The van der Waals surface area contributed by atoms with E-state index in [9.17, 15) is 4.79 Å². The molecule has 0 amide bonds. The van der Waals surface area contributed by atoms with E-state index < -0.39 is 0 Å². The number of hydrogen-bond donors (Lipinski definition) is 0. The van der Waals surface area contributed by atoms with Crippen molar-refractivity contribution in [3.8, 4) is 5.75 Å².